The minimum atomic E-state index is -4.51. The standard InChI is InChI=1S/C22H22BrN3O11S2/c1-2-36-22(33)25-39(34,35)14-6-4-3-5-13(14)21(32)37-9-11-10-38-19-16(24-15(28)7-12(27)8-23)18(29)26(19)17(11)20(30)31/h3-6,16,19H,2,7-10H2,1H3,(H,24,28)(H,25,33)(H,30,31)/t16-,19+/m1/s1. The van der Waals surface area contributed by atoms with Crippen molar-refractivity contribution in [2.75, 3.05) is 24.3 Å². The summed E-state index contributed by atoms with van der Waals surface area (Å²) in [6, 6.07) is 3.86. The van der Waals surface area contributed by atoms with Gasteiger partial charge in [-0.05, 0) is 19.1 Å². The van der Waals surface area contributed by atoms with Crippen molar-refractivity contribution >= 4 is 73.3 Å². The van der Waals surface area contributed by atoms with Crippen LogP contribution in [0.1, 0.15) is 23.7 Å². The van der Waals surface area contributed by atoms with Crippen LogP contribution in [0.4, 0.5) is 4.79 Å². The maximum Gasteiger partial charge on any atom is 0.421 e. The van der Waals surface area contributed by atoms with Crippen LogP contribution in [0, 0.1) is 0 Å². The van der Waals surface area contributed by atoms with E-state index in [1.807, 2.05) is 0 Å². The van der Waals surface area contributed by atoms with Crippen LogP contribution in [0.2, 0.25) is 0 Å². The summed E-state index contributed by atoms with van der Waals surface area (Å²) < 4.78 is 36.6. The number of carboxylic acid groups (broad SMARTS) is 1. The van der Waals surface area contributed by atoms with Crippen molar-refractivity contribution < 1.29 is 51.8 Å². The molecule has 0 spiro atoms. The molecule has 1 saturated heterocycles. The maximum absolute atomic E-state index is 12.8. The van der Waals surface area contributed by atoms with E-state index in [1.54, 1.807) is 4.72 Å². The topological polar surface area (TPSA) is 203 Å². The quantitative estimate of drug-likeness (QED) is 0.129. The Hall–Kier alpha value is -3.44. The number of β-lactam (4-membered cyclic amide) rings is 1. The van der Waals surface area contributed by atoms with Crippen molar-refractivity contribution in [3.8, 4) is 0 Å². The van der Waals surface area contributed by atoms with Gasteiger partial charge in [-0.3, -0.25) is 19.3 Å². The number of sulfonamides is 1. The lowest BCUT2D eigenvalue weighted by atomic mass is 10.0. The molecule has 14 nitrogen and oxygen atoms in total. The predicted molar refractivity (Wildman–Crippen MR) is 137 cm³/mol. The Kier molecular flexibility index (Phi) is 9.73. The zero-order chi connectivity index (χ0) is 28.9. The summed E-state index contributed by atoms with van der Waals surface area (Å²) in [4.78, 5) is 72.9. The summed E-state index contributed by atoms with van der Waals surface area (Å²) >= 11 is 4.05. The van der Waals surface area contributed by atoms with E-state index in [9.17, 15) is 42.3 Å². The van der Waals surface area contributed by atoms with E-state index in [1.165, 1.54) is 19.1 Å². The number of ketones is 1. The Balaban J connectivity index is 1.75. The second-order valence-electron chi connectivity index (χ2n) is 7.96. The van der Waals surface area contributed by atoms with E-state index in [0.717, 1.165) is 28.8 Å². The smallest absolute Gasteiger partial charge is 0.421 e. The molecule has 1 aromatic rings. The first-order valence-electron chi connectivity index (χ1n) is 11.1. The first-order chi connectivity index (χ1) is 18.4. The number of amides is 3. The van der Waals surface area contributed by atoms with Crippen molar-refractivity contribution in [3.05, 3.63) is 41.1 Å². The lowest BCUT2D eigenvalue weighted by Gasteiger charge is -2.49. The van der Waals surface area contributed by atoms with Gasteiger partial charge >= 0.3 is 18.0 Å². The first kappa shape index (κ1) is 30.1. The van der Waals surface area contributed by atoms with Crippen molar-refractivity contribution in [3.63, 3.8) is 0 Å². The Morgan fingerprint density at radius 1 is 1.18 bits per heavy atom. The molecule has 2 heterocycles. The number of aliphatic carboxylic acids is 1. The van der Waals surface area contributed by atoms with Gasteiger partial charge in [-0.1, -0.05) is 28.1 Å². The highest BCUT2D eigenvalue weighted by atomic mass is 79.9. The van der Waals surface area contributed by atoms with Crippen LogP contribution < -0.4 is 10.0 Å². The van der Waals surface area contributed by atoms with Gasteiger partial charge in [0.25, 0.3) is 15.9 Å². The number of Topliss-reactive ketones (excluding diaryl/α,β-unsaturated/α-hetero) is 1. The minimum absolute atomic E-state index is 0.0143. The number of halogens is 1. The van der Waals surface area contributed by atoms with E-state index in [0.29, 0.717) is 0 Å². The Morgan fingerprint density at radius 3 is 2.51 bits per heavy atom. The number of carboxylic acids is 1. The number of benzene rings is 1. The van der Waals surface area contributed by atoms with Gasteiger partial charge in [0.1, 0.15) is 28.6 Å². The van der Waals surface area contributed by atoms with E-state index >= 15 is 0 Å². The van der Waals surface area contributed by atoms with Crippen LogP contribution in [-0.4, -0.2) is 89.8 Å². The predicted octanol–water partition coefficient (Wildman–Crippen LogP) is 0.371. The van der Waals surface area contributed by atoms with Crippen molar-refractivity contribution in [1.29, 1.82) is 0 Å². The molecule has 210 valence electrons. The van der Waals surface area contributed by atoms with Gasteiger partial charge < -0.3 is 19.9 Å². The van der Waals surface area contributed by atoms with E-state index in [-0.39, 0.29) is 23.3 Å². The van der Waals surface area contributed by atoms with E-state index < -0.39 is 86.3 Å². The number of rotatable bonds is 11. The molecule has 39 heavy (non-hydrogen) atoms. The van der Waals surface area contributed by atoms with Crippen molar-refractivity contribution in [2.24, 2.45) is 0 Å². The summed E-state index contributed by atoms with van der Waals surface area (Å²) in [6.45, 7) is 0.802. The normalized spacial score (nSPS) is 18.4. The van der Waals surface area contributed by atoms with Crippen molar-refractivity contribution in [1.82, 2.24) is 14.9 Å². The van der Waals surface area contributed by atoms with Crippen LogP contribution >= 0.6 is 27.7 Å². The number of nitrogens with one attached hydrogen (secondary N) is 2. The van der Waals surface area contributed by atoms with Gasteiger partial charge in [-0.2, -0.15) is 0 Å². The zero-order valence-corrected chi connectivity index (χ0v) is 23.4. The number of hydrogen-bond acceptors (Lipinski definition) is 11. The number of alkyl halides is 1. The third-order valence-corrected chi connectivity index (χ3v) is 8.68. The molecule has 3 amide bonds. The van der Waals surface area contributed by atoms with Crippen LogP contribution in [0.5, 0.6) is 0 Å². The zero-order valence-electron chi connectivity index (χ0n) is 20.2. The van der Waals surface area contributed by atoms with Gasteiger partial charge in [-0.25, -0.2) is 27.5 Å². The van der Waals surface area contributed by atoms with Crippen LogP contribution in [-0.2, 0) is 38.7 Å². The molecule has 0 aliphatic carbocycles. The fourth-order valence-corrected chi connectivity index (χ4v) is 6.28. The highest BCUT2D eigenvalue weighted by Crippen LogP contribution is 2.40. The van der Waals surface area contributed by atoms with Crippen LogP contribution in [0.25, 0.3) is 0 Å². The van der Waals surface area contributed by atoms with Gasteiger partial charge in [0.05, 0.1) is 23.9 Å². The first-order valence-corrected chi connectivity index (χ1v) is 14.8. The summed E-state index contributed by atoms with van der Waals surface area (Å²) in [5, 5.41) is 11.4. The molecule has 0 unspecified atom stereocenters. The number of fused-ring (bicyclic) bond motifs is 1. The third-order valence-electron chi connectivity index (χ3n) is 5.34. The molecule has 2 aliphatic heterocycles. The summed E-state index contributed by atoms with van der Waals surface area (Å²) in [5.41, 5.74) is -0.785. The van der Waals surface area contributed by atoms with E-state index in [4.69, 9.17) is 4.74 Å². The molecule has 1 aromatic carbocycles. The fraction of sp³-hybridized carbons (Fsp3) is 0.364. The molecule has 0 bridgehead atoms. The number of nitrogens with zero attached hydrogens (tertiary/aromatic N) is 1. The molecule has 0 aromatic heterocycles. The second-order valence-corrected chi connectivity index (χ2v) is 11.3. The fourth-order valence-electron chi connectivity index (χ4n) is 3.67. The second kappa shape index (κ2) is 12.6. The monoisotopic (exact) mass is 647 g/mol. The largest absolute Gasteiger partial charge is 0.477 e. The maximum atomic E-state index is 12.8. The minimum Gasteiger partial charge on any atom is -0.477 e. The Morgan fingerprint density at radius 2 is 1.87 bits per heavy atom. The van der Waals surface area contributed by atoms with Crippen LogP contribution in [0.3, 0.4) is 0 Å². The molecule has 0 radical (unpaired) electrons. The summed E-state index contributed by atoms with van der Waals surface area (Å²) in [6.07, 6.45) is -1.68. The van der Waals surface area contributed by atoms with Gasteiger partial charge in [0, 0.05) is 11.3 Å². The molecule has 2 aliphatic rings. The number of esters is 1. The molecular weight excluding hydrogens is 626 g/mol. The molecule has 2 atom stereocenters. The van der Waals surface area contributed by atoms with E-state index in [2.05, 4.69) is 26.0 Å². The number of ether oxygens (including phenoxy) is 2. The van der Waals surface area contributed by atoms with Crippen LogP contribution in [0.15, 0.2) is 40.4 Å². The third kappa shape index (κ3) is 6.77. The highest BCUT2D eigenvalue weighted by molar-refractivity contribution is 9.09. The summed E-state index contributed by atoms with van der Waals surface area (Å²) in [7, 11) is -4.51. The Bertz CT molecular complexity index is 1360. The highest BCUT2D eigenvalue weighted by Gasteiger charge is 2.54. The summed E-state index contributed by atoms with van der Waals surface area (Å²) in [5.74, 6) is -4.37. The van der Waals surface area contributed by atoms with Gasteiger partial charge in [0.15, 0.2) is 5.78 Å². The average molecular weight is 648 g/mol. The molecular formula is C22H22BrN3O11S2. The number of carbonyl (C=O) groups is 6. The van der Waals surface area contributed by atoms with Gasteiger partial charge in [0.2, 0.25) is 5.91 Å². The lowest BCUT2D eigenvalue weighted by molar-refractivity contribution is -0.151. The van der Waals surface area contributed by atoms with Crippen molar-refractivity contribution in [2.45, 2.75) is 29.7 Å². The van der Waals surface area contributed by atoms with Gasteiger partial charge in [-0.15, -0.1) is 11.8 Å². The molecule has 17 heteroatoms. The Labute approximate surface area is 234 Å². The molecule has 0 saturated carbocycles. The molecule has 1 fully saturated rings. The number of thioether (sulfide) groups is 1. The lowest BCUT2D eigenvalue weighted by Crippen LogP contribution is -2.70. The number of hydrogen-bond donors (Lipinski definition) is 3. The number of carbonyl (C=O) groups excluding carboxylic acids is 5. The molecule has 3 rings (SSSR count). The molecule has 3 N–H and O–H groups in total. The SMILES string of the molecule is CCOC(=O)NS(=O)(=O)c1ccccc1C(=O)OCC1=C(C(=O)O)N2C(=O)[C@@H](NC(=O)CC(=O)CBr)[C@@H]2SC1. The average Bonchev–Trinajstić information content (AvgIpc) is 2.89.